The van der Waals surface area contributed by atoms with E-state index in [1.807, 2.05) is 0 Å². The smallest absolute Gasteiger partial charge is 0.192 e. The summed E-state index contributed by atoms with van der Waals surface area (Å²) in [4.78, 5) is -0.414. The number of phenolic OH excluding ortho intramolecular Hbond substituents is 2. The molecule has 118 valence electrons. The van der Waals surface area contributed by atoms with Gasteiger partial charge in [0, 0.05) is 4.47 Å². The van der Waals surface area contributed by atoms with E-state index in [1.54, 1.807) is 30.3 Å². The van der Waals surface area contributed by atoms with E-state index < -0.39 is 14.7 Å². The van der Waals surface area contributed by atoms with Crippen molar-refractivity contribution in [3.05, 3.63) is 63.0 Å². The molecule has 5 nitrogen and oxygen atoms in total. The molecule has 0 atom stereocenters. The number of phenols is 2. The Kier molecular flexibility index (Phi) is 5.08. The predicted octanol–water partition coefficient (Wildman–Crippen LogP) is 3.34. The molecule has 2 N–H and O–H groups in total. The molecule has 7 heteroatoms. The van der Waals surface area contributed by atoms with Crippen molar-refractivity contribution >= 4 is 31.8 Å². The number of nitrogens with zero attached hydrogens (tertiary/aromatic N) is 1. The standard InChI is InChI=1S/C16H12BrNO4S/c17-13-3-1-2-12(6-13)10-23(21,22)14(9-18)7-11-4-5-15(19)16(20)8-11/h1-8,19-20H,10H2/b14-7-. The molecule has 0 saturated heterocycles. The number of hydrogen-bond donors (Lipinski definition) is 2. The Bertz CT molecular complexity index is 914. The minimum atomic E-state index is -3.83. The Morgan fingerprint density at radius 1 is 1.17 bits per heavy atom. The third kappa shape index (κ3) is 4.34. The van der Waals surface area contributed by atoms with Crippen LogP contribution >= 0.6 is 15.9 Å². The monoisotopic (exact) mass is 393 g/mol. The zero-order valence-corrected chi connectivity index (χ0v) is 14.2. The molecule has 2 aromatic carbocycles. The third-order valence-electron chi connectivity index (χ3n) is 2.99. The van der Waals surface area contributed by atoms with Crippen molar-refractivity contribution in [1.82, 2.24) is 0 Å². The summed E-state index contributed by atoms with van der Waals surface area (Å²) in [5.41, 5.74) is 0.851. The molecule has 0 aliphatic carbocycles. The zero-order valence-electron chi connectivity index (χ0n) is 11.8. The van der Waals surface area contributed by atoms with Gasteiger partial charge < -0.3 is 10.2 Å². The molecule has 0 heterocycles. The maximum absolute atomic E-state index is 12.4. The minimum Gasteiger partial charge on any atom is -0.504 e. The van der Waals surface area contributed by atoms with Gasteiger partial charge in [-0.2, -0.15) is 5.26 Å². The van der Waals surface area contributed by atoms with Gasteiger partial charge in [-0.1, -0.05) is 34.1 Å². The summed E-state index contributed by atoms with van der Waals surface area (Å²) in [7, 11) is -3.83. The van der Waals surface area contributed by atoms with Gasteiger partial charge in [-0.3, -0.25) is 0 Å². The lowest BCUT2D eigenvalue weighted by molar-refractivity contribution is 0.403. The van der Waals surface area contributed by atoms with E-state index in [0.717, 1.165) is 10.5 Å². The predicted molar refractivity (Wildman–Crippen MR) is 90.1 cm³/mol. The summed E-state index contributed by atoms with van der Waals surface area (Å²) < 4.78 is 25.5. The van der Waals surface area contributed by atoms with Crippen LogP contribution in [0, 0.1) is 11.3 Å². The van der Waals surface area contributed by atoms with Crippen molar-refractivity contribution in [3.8, 4) is 17.6 Å². The first kappa shape index (κ1) is 17.1. The number of halogens is 1. The number of hydrogen-bond acceptors (Lipinski definition) is 5. The highest BCUT2D eigenvalue weighted by Gasteiger charge is 2.19. The number of nitriles is 1. The van der Waals surface area contributed by atoms with Gasteiger partial charge in [0.05, 0.1) is 5.75 Å². The van der Waals surface area contributed by atoms with E-state index in [0.29, 0.717) is 11.1 Å². The van der Waals surface area contributed by atoms with E-state index >= 15 is 0 Å². The number of allylic oxidation sites excluding steroid dienone is 1. The molecule has 0 aliphatic heterocycles. The molecule has 0 aliphatic rings. The topological polar surface area (TPSA) is 98.4 Å². The van der Waals surface area contributed by atoms with Crippen molar-refractivity contribution in [1.29, 1.82) is 5.26 Å². The highest BCUT2D eigenvalue weighted by molar-refractivity contribution is 9.10. The van der Waals surface area contributed by atoms with Gasteiger partial charge >= 0.3 is 0 Å². The van der Waals surface area contributed by atoms with Crippen LogP contribution in [-0.4, -0.2) is 18.6 Å². The molecule has 0 radical (unpaired) electrons. The number of benzene rings is 2. The average Bonchev–Trinajstić information content (AvgIpc) is 2.47. The number of aromatic hydroxyl groups is 2. The Labute approximate surface area is 142 Å². The van der Waals surface area contributed by atoms with Crippen LogP contribution in [0.2, 0.25) is 0 Å². The van der Waals surface area contributed by atoms with Crippen molar-refractivity contribution in [2.24, 2.45) is 0 Å². The van der Waals surface area contributed by atoms with Crippen LogP contribution < -0.4 is 0 Å². The van der Waals surface area contributed by atoms with E-state index in [-0.39, 0.29) is 17.3 Å². The van der Waals surface area contributed by atoms with Gasteiger partial charge in [0.25, 0.3) is 0 Å². The van der Waals surface area contributed by atoms with Crippen LogP contribution in [0.3, 0.4) is 0 Å². The highest BCUT2D eigenvalue weighted by atomic mass is 79.9. The Balaban J connectivity index is 2.37. The fraction of sp³-hybridized carbons (Fsp3) is 0.0625. The Morgan fingerprint density at radius 3 is 2.52 bits per heavy atom. The SMILES string of the molecule is N#C/C(=C/c1ccc(O)c(O)c1)S(=O)(=O)Cc1cccc(Br)c1. The third-order valence-corrected chi connectivity index (χ3v) is 5.07. The fourth-order valence-corrected chi connectivity index (χ4v) is 3.57. The highest BCUT2D eigenvalue weighted by Crippen LogP contribution is 2.27. The molecule has 0 fully saturated rings. The first-order chi connectivity index (χ1) is 10.8. The van der Waals surface area contributed by atoms with E-state index in [2.05, 4.69) is 15.9 Å². The lowest BCUT2D eigenvalue weighted by atomic mass is 10.2. The Hall–Kier alpha value is -2.30. The van der Waals surface area contributed by atoms with Crippen molar-refractivity contribution in [3.63, 3.8) is 0 Å². The second kappa shape index (κ2) is 6.86. The molecule has 23 heavy (non-hydrogen) atoms. The average molecular weight is 394 g/mol. The largest absolute Gasteiger partial charge is 0.504 e. The molecule has 2 aromatic rings. The van der Waals surface area contributed by atoms with Gasteiger partial charge in [-0.15, -0.1) is 0 Å². The summed E-state index contributed by atoms with van der Waals surface area (Å²) in [5, 5.41) is 27.9. The molecule has 0 bridgehead atoms. The maximum atomic E-state index is 12.4. The summed E-state index contributed by atoms with van der Waals surface area (Å²) in [5.74, 6) is -1.02. The van der Waals surface area contributed by atoms with Crippen molar-refractivity contribution in [2.75, 3.05) is 0 Å². The van der Waals surface area contributed by atoms with Gasteiger partial charge in [0.15, 0.2) is 21.3 Å². The fourth-order valence-electron chi connectivity index (χ4n) is 1.90. The van der Waals surface area contributed by atoms with Crippen LogP contribution in [0.4, 0.5) is 0 Å². The van der Waals surface area contributed by atoms with Crippen LogP contribution in [0.25, 0.3) is 6.08 Å². The van der Waals surface area contributed by atoms with Gasteiger partial charge in [-0.05, 0) is 41.5 Å². The summed E-state index contributed by atoms with van der Waals surface area (Å²) in [6, 6.07) is 12.3. The van der Waals surface area contributed by atoms with Gasteiger partial charge in [0.2, 0.25) is 0 Å². The van der Waals surface area contributed by atoms with E-state index in [9.17, 15) is 18.6 Å². The maximum Gasteiger partial charge on any atom is 0.192 e. The van der Waals surface area contributed by atoms with Crippen molar-refractivity contribution < 1.29 is 18.6 Å². The number of rotatable bonds is 4. The molecular formula is C16H12BrNO4S. The second-order valence-corrected chi connectivity index (χ2v) is 7.63. The van der Waals surface area contributed by atoms with Crippen LogP contribution in [0.15, 0.2) is 51.8 Å². The molecular weight excluding hydrogens is 382 g/mol. The normalized spacial score (nSPS) is 11.9. The minimum absolute atomic E-state index is 0.301. The second-order valence-electron chi connectivity index (χ2n) is 4.76. The molecule has 0 amide bonds. The van der Waals surface area contributed by atoms with Gasteiger partial charge in [-0.25, -0.2) is 8.42 Å². The summed E-state index contributed by atoms with van der Waals surface area (Å²) in [6.45, 7) is 0. The van der Waals surface area contributed by atoms with E-state index in [1.165, 1.54) is 18.2 Å². The van der Waals surface area contributed by atoms with Crippen LogP contribution in [0.5, 0.6) is 11.5 Å². The zero-order chi connectivity index (χ0) is 17.0. The Morgan fingerprint density at radius 2 is 1.91 bits per heavy atom. The molecule has 0 unspecified atom stereocenters. The van der Waals surface area contributed by atoms with E-state index in [4.69, 9.17) is 5.26 Å². The van der Waals surface area contributed by atoms with Gasteiger partial charge in [0.1, 0.15) is 11.0 Å². The molecule has 0 saturated carbocycles. The lowest BCUT2D eigenvalue weighted by Gasteiger charge is -2.05. The first-order valence-corrected chi connectivity index (χ1v) is 8.87. The lowest BCUT2D eigenvalue weighted by Crippen LogP contribution is -2.06. The molecule has 0 aromatic heterocycles. The first-order valence-electron chi connectivity index (χ1n) is 6.43. The molecule has 0 spiro atoms. The molecule has 2 rings (SSSR count). The van der Waals surface area contributed by atoms with Crippen LogP contribution in [-0.2, 0) is 15.6 Å². The summed E-state index contributed by atoms with van der Waals surface area (Å²) in [6.07, 6.45) is 1.16. The quantitative estimate of drug-likeness (QED) is 0.612. The summed E-state index contributed by atoms with van der Waals surface area (Å²) >= 11 is 3.27. The number of sulfone groups is 1. The van der Waals surface area contributed by atoms with Crippen molar-refractivity contribution in [2.45, 2.75) is 5.75 Å². The van der Waals surface area contributed by atoms with Crippen LogP contribution in [0.1, 0.15) is 11.1 Å².